The molecular weight excluding hydrogens is 325 g/mol. The molecule has 0 aromatic heterocycles. The van der Waals surface area contributed by atoms with E-state index in [1.807, 2.05) is 30.3 Å². The number of hydrogen-bond donors (Lipinski definition) is 2. The first-order valence-corrected chi connectivity index (χ1v) is 6.99. The Morgan fingerprint density at radius 3 is 2.65 bits per heavy atom. The summed E-state index contributed by atoms with van der Waals surface area (Å²) in [7, 11) is 0. The van der Waals surface area contributed by atoms with Gasteiger partial charge in [-0.25, -0.2) is 4.39 Å². The fourth-order valence-corrected chi connectivity index (χ4v) is 1.99. The molecule has 0 aliphatic rings. The fraction of sp³-hybridized carbons (Fsp3) is 0.200. The summed E-state index contributed by atoms with van der Waals surface area (Å²) >= 11 is 3.11. The van der Waals surface area contributed by atoms with Gasteiger partial charge in [0, 0.05) is 12.2 Å². The lowest BCUT2D eigenvalue weighted by molar-refractivity contribution is 0.117. The van der Waals surface area contributed by atoms with Gasteiger partial charge in [0.25, 0.3) is 0 Å². The summed E-state index contributed by atoms with van der Waals surface area (Å²) in [4.78, 5) is 0. The minimum atomic E-state index is -0.654. The van der Waals surface area contributed by atoms with Gasteiger partial charge >= 0.3 is 0 Å². The number of aliphatic hydroxyl groups is 1. The Morgan fingerprint density at radius 1 is 1.20 bits per heavy atom. The number of nitrogens with one attached hydrogen (secondary N) is 1. The van der Waals surface area contributed by atoms with Crippen LogP contribution in [0.4, 0.5) is 10.1 Å². The number of ether oxygens (including phenoxy) is 1. The van der Waals surface area contributed by atoms with Crippen LogP contribution in [0, 0.1) is 5.82 Å². The maximum absolute atomic E-state index is 13.1. The first-order chi connectivity index (χ1) is 9.65. The van der Waals surface area contributed by atoms with Crippen LogP contribution >= 0.6 is 15.9 Å². The molecule has 0 bridgehead atoms. The SMILES string of the molecule is OC(CNc1ccc(F)c(Br)c1)COc1ccccc1. The van der Waals surface area contributed by atoms with Crippen molar-refractivity contribution in [2.75, 3.05) is 18.5 Å². The molecule has 0 aliphatic heterocycles. The van der Waals surface area contributed by atoms with Gasteiger partial charge in [-0.1, -0.05) is 18.2 Å². The molecule has 0 amide bonds. The van der Waals surface area contributed by atoms with Gasteiger partial charge in [0.05, 0.1) is 4.47 Å². The van der Waals surface area contributed by atoms with Gasteiger partial charge in [0.2, 0.25) is 0 Å². The maximum Gasteiger partial charge on any atom is 0.137 e. The predicted octanol–water partition coefficient (Wildman–Crippen LogP) is 3.44. The molecule has 0 radical (unpaired) electrons. The predicted molar refractivity (Wildman–Crippen MR) is 80.5 cm³/mol. The number of aliphatic hydroxyl groups excluding tert-OH is 1. The Labute approximate surface area is 125 Å². The van der Waals surface area contributed by atoms with Crippen molar-refractivity contribution in [3.05, 3.63) is 58.8 Å². The molecule has 0 saturated heterocycles. The molecule has 1 atom stereocenters. The number of hydrogen-bond acceptors (Lipinski definition) is 3. The highest BCUT2D eigenvalue weighted by Crippen LogP contribution is 2.19. The van der Waals surface area contributed by atoms with E-state index >= 15 is 0 Å². The average molecular weight is 340 g/mol. The number of halogens is 2. The third kappa shape index (κ3) is 4.51. The molecule has 0 fully saturated rings. The van der Waals surface area contributed by atoms with E-state index in [0.717, 1.165) is 11.4 Å². The zero-order valence-electron chi connectivity index (χ0n) is 10.7. The first kappa shape index (κ1) is 14.8. The Morgan fingerprint density at radius 2 is 1.95 bits per heavy atom. The molecule has 2 N–H and O–H groups in total. The zero-order valence-corrected chi connectivity index (χ0v) is 12.3. The lowest BCUT2D eigenvalue weighted by atomic mass is 10.3. The van der Waals surface area contributed by atoms with Crippen LogP contribution in [0.3, 0.4) is 0 Å². The largest absolute Gasteiger partial charge is 0.491 e. The van der Waals surface area contributed by atoms with Crippen LogP contribution in [0.15, 0.2) is 53.0 Å². The third-order valence-electron chi connectivity index (χ3n) is 2.65. The lowest BCUT2D eigenvalue weighted by Crippen LogP contribution is -2.26. The summed E-state index contributed by atoms with van der Waals surface area (Å²) < 4.78 is 18.9. The molecule has 0 heterocycles. The molecular formula is C15H15BrFNO2. The minimum absolute atomic E-state index is 0.194. The zero-order chi connectivity index (χ0) is 14.4. The smallest absolute Gasteiger partial charge is 0.137 e. The first-order valence-electron chi connectivity index (χ1n) is 6.20. The van der Waals surface area contributed by atoms with Crippen LogP contribution in [0.1, 0.15) is 0 Å². The summed E-state index contributed by atoms with van der Waals surface area (Å²) in [5.74, 6) is 0.402. The van der Waals surface area contributed by atoms with Gasteiger partial charge in [-0.2, -0.15) is 0 Å². The fourth-order valence-electron chi connectivity index (χ4n) is 1.61. The molecule has 2 rings (SSSR count). The molecule has 106 valence electrons. The van der Waals surface area contributed by atoms with Crippen molar-refractivity contribution in [1.29, 1.82) is 0 Å². The molecule has 3 nitrogen and oxygen atoms in total. The normalized spacial score (nSPS) is 11.9. The Balaban J connectivity index is 1.77. The highest BCUT2D eigenvalue weighted by Gasteiger charge is 2.06. The number of benzene rings is 2. The van der Waals surface area contributed by atoms with Gasteiger partial charge in [-0.3, -0.25) is 0 Å². The molecule has 0 saturated carbocycles. The van der Waals surface area contributed by atoms with E-state index in [4.69, 9.17) is 4.74 Å². The van der Waals surface area contributed by atoms with Gasteiger partial charge in [0.1, 0.15) is 24.3 Å². The van der Waals surface area contributed by atoms with Crippen molar-refractivity contribution >= 4 is 21.6 Å². The lowest BCUT2D eigenvalue weighted by Gasteiger charge is -2.14. The molecule has 2 aromatic rings. The summed E-state index contributed by atoms with van der Waals surface area (Å²) in [6.45, 7) is 0.518. The van der Waals surface area contributed by atoms with Crippen molar-refractivity contribution in [1.82, 2.24) is 0 Å². The Bertz CT molecular complexity index is 551. The van der Waals surface area contributed by atoms with Crippen LogP contribution < -0.4 is 10.1 Å². The summed E-state index contributed by atoms with van der Waals surface area (Å²) in [5, 5.41) is 12.8. The summed E-state index contributed by atoms with van der Waals surface area (Å²) in [6, 6.07) is 13.9. The Hall–Kier alpha value is -1.59. The van der Waals surface area contributed by atoms with E-state index in [1.165, 1.54) is 6.07 Å². The van der Waals surface area contributed by atoms with Crippen molar-refractivity contribution in [2.24, 2.45) is 0 Å². The van der Waals surface area contributed by atoms with Crippen molar-refractivity contribution < 1.29 is 14.2 Å². The second kappa shape index (κ2) is 7.26. The third-order valence-corrected chi connectivity index (χ3v) is 3.25. The van der Waals surface area contributed by atoms with Crippen molar-refractivity contribution in [3.8, 4) is 5.75 Å². The number of rotatable bonds is 6. The van der Waals surface area contributed by atoms with Crippen molar-refractivity contribution in [3.63, 3.8) is 0 Å². The van der Waals surface area contributed by atoms with Crippen molar-refractivity contribution in [2.45, 2.75) is 6.10 Å². The van der Waals surface area contributed by atoms with Crippen LogP contribution in [0.2, 0.25) is 0 Å². The molecule has 2 aromatic carbocycles. The van der Waals surface area contributed by atoms with Crippen LogP contribution in [-0.4, -0.2) is 24.4 Å². The summed E-state index contributed by atoms with van der Waals surface area (Å²) in [5.41, 5.74) is 0.733. The van der Waals surface area contributed by atoms with Crippen LogP contribution in [-0.2, 0) is 0 Å². The number of para-hydroxylation sites is 1. The van der Waals surface area contributed by atoms with E-state index in [2.05, 4.69) is 21.2 Å². The van der Waals surface area contributed by atoms with Gasteiger partial charge in [-0.05, 0) is 46.3 Å². The second-order valence-corrected chi connectivity index (χ2v) is 5.14. The second-order valence-electron chi connectivity index (χ2n) is 4.29. The van der Waals surface area contributed by atoms with E-state index in [0.29, 0.717) is 11.0 Å². The quantitative estimate of drug-likeness (QED) is 0.847. The van der Waals surface area contributed by atoms with Gasteiger partial charge < -0.3 is 15.2 Å². The summed E-state index contributed by atoms with van der Waals surface area (Å²) in [6.07, 6.45) is -0.654. The van der Waals surface area contributed by atoms with Crippen LogP contribution in [0.5, 0.6) is 5.75 Å². The standard InChI is InChI=1S/C15H15BrFNO2/c16-14-8-11(6-7-15(14)17)18-9-12(19)10-20-13-4-2-1-3-5-13/h1-8,12,18-19H,9-10H2. The molecule has 5 heteroatoms. The molecule has 20 heavy (non-hydrogen) atoms. The Kier molecular flexibility index (Phi) is 5.38. The van der Waals surface area contributed by atoms with E-state index in [9.17, 15) is 9.50 Å². The minimum Gasteiger partial charge on any atom is -0.491 e. The molecule has 0 aliphatic carbocycles. The van der Waals surface area contributed by atoms with E-state index in [-0.39, 0.29) is 12.4 Å². The van der Waals surface area contributed by atoms with Gasteiger partial charge in [-0.15, -0.1) is 0 Å². The highest BCUT2D eigenvalue weighted by atomic mass is 79.9. The average Bonchev–Trinajstić information content (AvgIpc) is 2.47. The van der Waals surface area contributed by atoms with E-state index < -0.39 is 6.10 Å². The maximum atomic E-state index is 13.1. The topological polar surface area (TPSA) is 41.5 Å². The van der Waals surface area contributed by atoms with E-state index in [1.54, 1.807) is 12.1 Å². The monoisotopic (exact) mass is 339 g/mol. The molecule has 1 unspecified atom stereocenters. The molecule has 0 spiro atoms. The van der Waals surface area contributed by atoms with Gasteiger partial charge in [0.15, 0.2) is 0 Å². The highest BCUT2D eigenvalue weighted by molar-refractivity contribution is 9.10. The van der Waals surface area contributed by atoms with Crippen LogP contribution in [0.25, 0.3) is 0 Å². The number of anilines is 1.